The molecule has 2 rings (SSSR count). The summed E-state index contributed by atoms with van der Waals surface area (Å²) in [7, 11) is 0. The molecule has 4 nitrogen and oxygen atoms in total. The van der Waals surface area contributed by atoms with E-state index in [-0.39, 0.29) is 0 Å². The van der Waals surface area contributed by atoms with E-state index in [0.717, 1.165) is 18.2 Å². The molecule has 1 aromatic heterocycles. The van der Waals surface area contributed by atoms with Crippen LogP contribution >= 0.6 is 0 Å². The Balaban J connectivity index is 1.62. The van der Waals surface area contributed by atoms with E-state index in [1.807, 2.05) is 0 Å². The lowest BCUT2D eigenvalue weighted by Gasteiger charge is -2.24. The number of aromatic nitrogens is 2. The maximum atomic E-state index is 5.52. The Bertz CT molecular complexity index is 295. The number of anilines is 1. The van der Waals surface area contributed by atoms with Crippen molar-refractivity contribution in [3.63, 3.8) is 0 Å². The van der Waals surface area contributed by atoms with Gasteiger partial charge in [-0.25, -0.2) is 4.98 Å². The molecular formula is C11H17N3O. The Morgan fingerprint density at radius 2 is 2.20 bits per heavy atom. The number of hydrogen-bond donors (Lipinski definition) is 1. The molecule has 1 fully saturated rings. The van der Waals surface area contributed by atoms with Crippen LogP contribution in [0.1, 0.15) is 31.4 Å². The van der Waals surface area contributed by atoms with E-state index in [1.54, 1.807) is 12.4 Å². The van der Waals surface area contributed by atoms with Crippen molar-refractivity contribution in [1.29, 1.82) is 0 Å². The van der Waals surface area contributed by atoms with Crippen molar-refractivity contribution in [1.82, 2.24) is 9.97 Å². The smallest absolute Gasteiger partial charge is 0.141 e. The van der Waals surface area contributed by atoms with Crippen LogP contribution < -0.4 is 5.73 Å². The van der Waals surface area contributed by atoms with Gasteiger partial charge >= 0.3 is 0 Å². The fourth-order valence-corrected chi connectivity index (χ4v) is 1.65. The first-order valence-corrected chi connectivity index (χ1v) is 5.49. The van der Waals surface area contributed by atoms with Crippen molar-refractivity contribution < 1.29 is 4.74 Å². The summed E-state index contributed by atoms with van der Waals surface area (Å²) in [5.41, 5.74) is 6.28. The average Bonchev–Trinajstić information content (AvgIpc) is 2.18. The summed E-state index contributed by atoms with van der Waals surface area (Å²) in [6.45, 7) is 1.37. The van der Waals surface area contributed by atoms with Gasteiger partial charge in [-0.3, -0.25) is 4.98 Å². The Kier molecular flexibility index (Phi) is 3.50. The molecule has 0 spiro atoms. The van der Waals surface area contributed by atoms with E-state index in [4.69, 9.17) is 10.5 Å². The van der Waals surface area contributed by atoms with Crippen molar-refractivity contribution in [2.75, 3.05) is 12.3 Å². The molecule has 0 radical (unpaired) electrons. The lowest BCUT2D eigenvalue weighted by Crippen LogP contribution is -2.13. The average molecular weight is 207 g/mol. The second-order valence-corrected chi connectivity index (χ2v) is 4.07. The number of hydrogen-bond acceptors (Lipinski definition) is 4. The Morgan fingerprint density at radius 3 is 2.80 bits per heavy atom. The van der Waals surface area contributed by atoms with Crippen LogP contribution in [0.4, 0.5) is 5.82 Å². The van der Waals surface area contributed by atoms with Crippen LogP contribution in [0.15, 0.2) is 12.4 Å². The molecule has 4 heteroatoms. The highest BCUT2D eigenvalue weighted by Gasteiger charge is 2.16. The molecule has 15 heavy (non-hydrogen) atoms. The zero-order valence-corrected chi connectivity index (χ0v) is 8.85. The van der Waals surface area contributed by atoms with Gasteiger partial charge in [0.25, 0.3) is 0 Å². The fraction of sp³-hybridized carbons (Fsp3) is 0.636. The molecule has 0 bridgehead atoms. The van der Waals surface area contributed by atoms with Crippen molar-refractivity contribution in [2.24, 2.45) is 5.92 Å². The van der Waals surface area contributed by atoms with Gasteiger partial charge in [0.15, 0.2) is 0 Å². The summed E-state index contributed by atoms with van der Waals surface area (Å²) in [6.07, 6.45) is 8.57. The van der Waals surface area contributed by atoms with Crippen molar-refractivity contribution in [3.8, 4) is 0 Å². The Hall–Kier alpha value is -1.16. The zero-order valence-electron chi connectivity index (χ0n) is 8.85. The van der Waals surface area contributed by atoms with Crippen LogP contribution in [0, 0.1) is 5.92 Å². The first-order valence-electron chi connectivity index (χ1n) is 5.49. The van der Waals surface area contributed by atoms with Gasteiger partial charge in [-0.2, -0.15) is 0 Å². The molecule has 0 aromatic carbocycles. The van der Waals surface area contributed by atoms with Gasteiger partial charge in [0.2, 0.25) is 0 Å². The van der Waals surface area contributed by atoms with E-state index >= 15 is 0 Å². The van der Waals surface area contributed by atoms with Crippen LogP contribution in [0.25, 0.3) is 0 Å². The zero-order chi connectivity index (χ0) is 10.5. The summed E-state index contributed by atoms with van der Waals surface area (Å²) < 4.78 is 5.52. The summed E-state index contributed by atoms with van der Waals surface area (Å²) in [4.78, 5) is 8.07. The predicted octanol–water partition coefficient (Wildman–Crippen LogP) is 1.77. The summed E-state index contributed by atoms with van der Waals surface area (Å²) in [6, 6.07) is 0. The molecule has 1 saturated carbocycles. The quantitative estimate of drug-likeness (QED) is 0.747. The van der Waals surface area contributed by atoms with Crippen LogP contribution in [-0.2, 0) is 11.3 Å². The van der Waals surface area contributed by atoms with Gasteiger partial charge in [-0.1, -0.05) is 19.3 Å². The molecule has 1 aliphatic rings. The molecule has 0 amide bonds. The second-order valence-electron chi connectivity index (χ2n) is 4.07. The van der Waals surface area contributed by atoms with E-state index in [0.29, 0.717) is 12.4 Å². The van der Waals surface area contributed by atoms with Crippen LogP contribution in [-0.4, -0.2) is 16.6 Å². The van der Waals surface area contributed by atoms with Crippen molar-refractivity contribution >= 4 is 5.82 Å². The molecule has 82 valence electrons. The maximum absolute atomic E-state index is 5.52. The standard InChI is InChI=1S/C11H17N3O/c12-11-7-13-10(6-14-11)8-15-5-4-9-2-1-3-9/h6-7,9H,1-5,8H2,(H2,12,14). The highest BCUT2D eigenvalue weighted by molar-refractivity contribution is 5.22. The van der Waals surface area contributed by atoms with Crippen molar-refractivity contribution in [3.05, 3.63) is 18.1 Å². The van der Waals surface area contributed by atoms with E-state index in [2.05, 4.69) is 9.97 Å². The number of ether oxygens (including phenoxy) is 1. The second kappa shape index (κ2) is 5.07. The molecule has 0 saturated heterocycles. The lowest BCUT2D eigenvalue weighted by molar-refractivity contribution is 0.0927. The van der Waals surface area contributed by atoms with E-state index < -0.39 is 0 Å². The largest absolute Gasteiger partial charge is 0.382 e. The van der Waals surface area contributed by atoms with Gasteiger partial charge < -0.3 is 10.5 Å². The SMILES string of the molecule is Nc1cnc(COCCC2CCC2)cn1. The van der Waals surface area contributed by atoms with Gasteiger partial charge in [0, 0.05) is 6.61 Å². The molecule has 0 atom stereocenters. The van der Waals surface area contributed by atoms with Crippen LogP contribution in [0.2, 0.25) is 0 Å². The molecule has 0 aliphatic heterocycles. The Morgan fingerprint density at radius 1 is 1.33 bits per heavy atom. The summed E-state index contributed by atoms with van der Waals surface area (Å²) in [5, 5.41) is 0. The third kappa shape index (κ3) is 3.16. The lowest BCUT2D eigenvalue weighted by atomic mass is 9.83. The molecule has 0 unspecified atom stereocenters. The summed E-state index contributed by atoms with van der Waals surface area (Å²) >= 11 is 0. The van der Waals surface area contributed by atoms with Crippen LogP contribution in [0.5, 0.6) is 0 Å². The predicted molar refractivity (Wildman–Crippen MR) is 58.1 cm³/mol. The van der Waals surface area contributed by atoms with Gasteiger partial charge in [-0.05, 0) is 12.3 Å². The topological polar surface area (TPSA) is 61.0 Å². The highest BCUT2D eigenvalue weighted by Crippen LogP contribution is 2.29. The van der Waals surface area contributed by atoms with Crippen LogP contribution in [0.3, 0.4) is 0 Å². The number of rotatable bonds is 5. The van der Waals surface area contributed by atoms with E-state index in [1.165, 1.54) is 25.7 Å². The Labute approximate surface area is 89.9 Å². The molecule has 1 aliphatic carbocycles. The normalized spacial score (nSPS) is 16.3. The number of nitrogen functional groups attached to an aromatic ring is 1. The fourth-order valence-electron chi connectivity index (χ4n) is 1.65. The van der Waals surface area contributed by atoms with Gasteiger partial charge in [0.1, 0.15) is 5.82 Å². The molecule has 1 heterocycles. The number of nitrogens with two attached hydrogens (primary N) is 1. The minimum absolute atomic E-state index is 0.452. The van der Waals surface area contributed by atoms with Gasteiger partial charge in [-0.15, -0.1) is 0 Å². The first kappa shape index (κ1) is 10.4. The maximum Gasteiger partial charge on any atom is 0.141 e. The molecule has 2 N–H and O–H groups in total. The minimum Gasteiger partial charge on any atom is -0.382 e. The first-order chi connectivity index (χ1) is 7.34. The van der Waals surface area contributed by atoms with Crippen molar-refractivity contribution in [2.45, 2.75) is 32.3 Å². The third-order valence-electron chi connectivity index (χ3n) is 2.87. The third-order valence-corrected chi connectivity index (χ3v) is 2.87. The molecular weight excluding hydrogens is 190 g/mol. The monoisotopic (exact) mass is 207 g/mol. The summed E-state index contributed by atoms with van der Waals surface area (Å²) in [5.74, 6) is 1.36. The minimum atomic E-state index is 0.452. The number of nitrogens with zero attached hydrogens (tertiary/aromatic N) is 2. The molecule has 1 aromatic rings. The highest BCUT2D eigenvalue weighted by atomic mass is 16.5. The van der Waals surface area contributed by atoms with E-state index in [9.17, 15) is 0 Å². The van der Waals surface area contributed by atoms with Gasteiger partial charge in [0.05, 0.1) is 24.7 Å².